The molecule has 0 spiro atoms. The third-order valence-electron chi connectivity index (χ3n) is 3.50. The monoisotopic (exact) mass is 315 g/mol. The number of sulfonamides is 1. The highest BCUT2D eigenvalue weighted by molar-refractivity contribution is 7.89. The van der Waals surface area contributed by atoms with Crippen LogP contribution in [0.1, 0.15) is 18.4 Å². The van der Waals surface area contributed by atoms with Gasteiger partial charge in [-0.2, -0.15) is 0 Å². The molecule has 0 unspecified atom stereocenters. The molecule has 1 aliphatic rings. The van der Waals surface area contributed by atoms with Gasteiger partial charge in [-0.25, -0.2) is 13.1 Å². The van der Waals surface area contributed by atoms with Crippen molar-refractivity contribution in [2.24, 2.45) is 0 Å². The van der Waals surface area contributed by atoms with E-state index in [-0.39, 0.29) is 17.5 Å². The molecule has 21 heavy (non-hydrogen) atoms. The Labute approximate surface area is 125 Å². The molecule has 1 N–H and O–H groups in total. The Balaban J connectivity index is 2.25. The Kier molecular flexibility index (Phi) is 5.08. The SMILES string of the molecule is COc1cc(S(=O)(=O)NC[C@@H]2CCCO2)c(OC)cc1C. The fraction of sp³-hybridized carbons (Fsp3) is 0.571. The molecule has 7 heteroatoms. The number of benzene rings is 1. The van der Waals surface area contributed by atoms with Gasteiger partial charge in [0.25, 0.3) is 0 Å². The molecule has 2 rings (SSSR count). The molecule has 1 fully saturated rings. The molecule has 0 aliphatic carbocycles. The van der Waals surface area contributed by atoms with Crippen molar-refractivity contribution in [3.8, 4) is 11.5 Å². The van der Waals surface area contributed by atoms with Crippen LogP contribution in [0.5, 0.6) is 11.5 Å². The maximum Gasteiger partial charge on any atom is 0.244 e. The quantitative estimate of drug-likeness (QED) is 0.860. The number of ether oxygens (including phenoxy) is 3. The standard InChI is InChI=1S/C14H21NO5S/c1-10-7-13(19-3)14(8-12(10)18-2)21(16,17)15-9-11-5-4-6-20-11/h7-8,11,15H,4-6,9H2,1-3H3/t11-/m0/s1. The number of aryl methyl sites for hydroxylation is 1. The molecule has 1 aromatic carbocycles. The first-order valence-corrected chi connectivity index (χ1v) is 8.30. The predicted octanol–water partition coefficient (Wildman–Crippen LogP) is 1.47. The lowest BCUT2D eigenvalue weighted by Gasteiger charge is -2.15. The molecule has 1 atom stereocenters. The lowest BCUT2D eigenvalue weighted by molar-refractivity contribution is 0.114. The van der Waals surface area contributed by atoms with E-state index < -0.39 is 10.0 Å². The molecular formula is C14H21NO5S. The Morgan fingerprint density at radius 3 is 2.57 bits per heavy atom. The number of hydrogen-bond acceptors (Lipinski definition) is 5. The van der Waals surface area contributed by atoms with Crippen molar-refractivity contribution in [2.45, 2.75) is 30.8 Å². The van der Waals surface area contributed by atoms with Gasteiger partial charge in [0.15, 0.2) is 0 Å². The summed E-state index contributed by atoms with van der Waals surface area (Å²) < 4.78 is 43.3. The number of hydrogen-bond donors (Lipinski definition) is 1. The second-order valence-corrected chi connectivity index (χ2v) is 6.69. The molecule has 0 saturated carbocycles. The first-order valence-electron chi connectivity index (χ1n) is 6.82. The minimum atomic E-state index is -3.67. The summed E-state index contributed by atoms with van der Waals surface area (Å²) in [5.74, 6) is 0.807. The van der Waals surface area contributed by atoms with E-state index in [9.17, 15) is 8.42 Å². The van der Waals surface area contributed by atoms with Gasteiger partial charge in [-0.1, -0.05) is 0 Å². The van der Waals surface area contributed by atoms with Crippen LogP contribution >= 0.6 is 0 Å². The summed E-state index contributed by atoms with van der Waals surface area (Å²) in [6, 6.07) is 3.13. The smallest absolute Gasteiger partial charge is 0.244 e. The third-order valence-corrected chi connectivity index (χ3v) is 4.94. The Morgan fingerprint density at radius 1 is 1.29 bits per heavy atom. The number of methoxy groups -OCH3 is 2. The fourth-order valence-electron chi connectivity index (χ4n) is 2.32. The summed E-state index contributed by atoms with van der Waals surface area (Å²) in [7, 11) is -0.725. The van der Waals surface area contributed by atoms with Crippen LogP contribution in [0.2, 0.25) is 0 Å². The van der Waals surface area contributed by atoms with E-state index >= 15 is 0 Å². The second kappa shape index (κ2) is 6.64. The number of rotatable bonds is 6. The predicted molar refractivity (Wildman–Crippen MR) is 78.4 cm³/mol. The first-order chi connectivity index (χ1) is 9.97. The summed E-state index contributed by atoms with van der Waals surface area (Å²) in [6.45, 7) is 2.79. The van der Waals surface area contributed by atoms with E-state index in [1.807, 2.05) is 6.92 Å². The molecule has 6 nitrogen and oxygen atoms in total. The topological polar surface area (TPSA) is 73.9 Å². The van der Waals surface area contributed by atoms with Crippen LogP contribution in [0, 0.1) is 6.92 Å². The molecule has 1 aliphatic heterocycles. The Hall–Kier alpha value is -1.31. The highest BCUT2D eigenvalue weighted by atomic mass is 32.2. The fourth-order valence-corrected chi connectivity index (χ4v) is 3.55. The summed E-state index contributed by atoms with van der Waals surface area (Å²) >= 11 is 0. The van der Waals surface area contributed by atoms with Crippen LogP contribution in [-0.2, 0) is 14.8 Å². The van der Waals surface area contributed by atoms with Crippen molar-refractivity contribution in [3.05, 3.63) is 17.7 Å². The van der Waals surface area contributed by atoms with E-state index in [1.54, 1.807) is 6.07 Å². The Bertz CT molecular complexity index is 594. The maximum absolute atomic E-state index is 12.4. The molecule has 0 bridgehead atoms. The molecule has 1 aromatic rings. The lowest BCUT2D eigenvalue weighted by Crippen LogP contribution is -2.32. The normalized spacial score (nSPS) is 18.7. The van der Waals surface area contributed by atoms with Crippen LogP contribution in [0.4, 0.5) is 0 Å². The van der Waals surface area contributed by atoms with Gasteiger partial charge in [0.05, 0.1) is 20.3 Å². The van der Waals surface area contributed by atoms with Gasteiger partial charge in [0.1, 0.15) is 16.4 Å². The van der Waals surface area contributed by atoms with Crippen LogP contribution in [0.15, 0.2) is 17.0 Å². The zero-order valence-electron chi connectivity index (χ0n) is 12.5. The average molecular weight is 315 g/mol. The first kappa shape index (κ1) is 16.1. The van der Waals surface area contributed by atoms with Crippen molar-refractivity contribution >= 4 is 10.0 Å². The van der Waals surface area contributed by atoms with Gasteiger partial charge >= 0.3 is 0 Å². The van der Waals surface area contributed by atoms with Crippen LogP contribution in [0.3, 0.4) is 0 Å². The van der Waals surface area contributed by atoms with E-state index in [1.165, 1.54) is 20.3 Å². The van der Waals surface area contributed by atoms with E-state index in [0.717, 1.165) is 18.4 Å². The Morgan fingerprint density at radius 2 is 2.00 bits per heavy atom. The van der Waals surface area contributed by atoms with E-state index in [4.69, 9.17) is 14.2 Å². The van der Waals surface area contributed by atoms with Gasteiger partial charge in [0.2, 0.25) is 10.0 Å². The van der Waals surface area contributed by atoms with Gasteiger partial charge in [-0.15, -0.1) is 0 Å². The molecule has 1 heterocycles. The molecule has 0 radical (unpaired) electrons. The van der Waals surface area contributed by atoms with Gasteiger partial charge in [-0.05, 0) is 31.4 Å². The summed E-state index contributed by atoms with van der Waals surface area (Å²) in [6.07, 6.45) is 1.78. The largest absolute Gasteiger partial charge is 0.496 e. The molecule has 0 amide bonds. The van der Waals surface area contributed by atoms with Crippen LogP contribution in [0.25, 0.3) is 0 Å². The minimum Gasteiger partial charge on any atom is -0.496 e. The van der Waals surface area contributed by atoms with Crippen molar-refractivity contribution in [3.63, 3.8) is 0 Å². The van der Waals surface area contributed by atoms with E-state index in [2.05, 4.69) is 4.72 Å². The van der Waals surface area contributed by atoms with Crippen molar-refractivity contribution in [1.29, 1.82) is 0 Å². The average Bonchev–Trinajstić information content (AvgIpc) is 2.98. The zero-order chi connectivity index (χ0) is 15.5. The summed E-state index contributed by atoms with van der Waals surface area (Å²) in [4.78, 5) is 0.0745. The van der Waals surface area contributed by atoms with Crippen molar-refractivity contribution in [1.82, 2.24) is 4.72 Å². The molecular weight excluding hydrogens is 294 g/mol. The molecule has 0 aromatic heterocycles. The minimum absolute atomic E-state index is 0.0573. The molecule has 1 saturated heterocycles. The summed E-state index contributed by atoms with van der Waals surface area (Å²) in [5.41, 5.74) is 0.812. The van der Waals surface area contributed by atoms with Crippen LogP contribution < -0.4 is 14.2 Å². The molecule has 118 valence electrons. The van der Waals surface area contributed by atoms with E-state index in [0.29, 0.717) is 18.1 Å². The number of nitrogens with one attached hydrogen (secondary N) is 1. The van der Waals surface area contributed by atoms with Gasteiger partial charge < -0.3 is 14.2 Å². The highest BCUT2D eigenvalue weighted by Crippen LogP contribution is 2.31. The van der Waals surface area contributed by atoms with Gasteiger partial charge in [-0.3, -0.25) is 0 Å². The van der Waals surface area contributed by atoms with Crippen molar-refractivity contribution in [2.75, 3.05) is 27.4 Å². The third kappa shape index (κ3) is 3.66. The van der Waals surface area contributed by atoms with Gasteiger partial charge in [0, 0.05) is 19.2 Å². The second-order valence-electron chi connectivity index (χ2n) is 4.96. The van der Waals surface area contributed by atoms with Crippen LogP contribution in [-0.4, -0.2) is 41.9 Å². The highest BCUT2D eigenvalue weighted by Gasteiger charge is 2.24. The lowest BCUT2D eigenvalue weighted by atomic mass is 10.2. The zero-order valence-corrected chi connectivity index (χ0v) is 13.3. The summed E-state index contributed by atoms with van der Waals surface area (Å²) in [5, 5.41) is 0. The van der Waals surface area contributed by atoms with Crippen molar-refractivity contribution < 1.29 is 22.6 Å². The maximum atomic E-state index is 12.4.